The Hall–Kier alpha value is -4.33. The number of fused-ring (bicyclic) bond motifs is 1. The number of nitrogens with zero attached hydrogens (tertiary/aromatic N) is 8. The van der Waals surface area contributed by atoms with Crippen molar-refractivity contribution in [1.29, 1.82) is 10.5 Å². The van der Waals surface area contributed by atoms with Gasteiger partial charge in [-0.15, -0.1) is 0 Å². The number of hydrogen-bond acceptors (Lipinski definition) is 11. The van der Waals surface area contributed by atoms with Crippen LogP contribution in [0.25, 0.3) is 5.65 Å². The van der Waals surface area contributed by atoms with E-state index in [1.165, 1.54) is 10.7 Å². The Balaban J connectivity index is 1.25. The van der Waals surface area contributed by atoms with E-state index in [0.717, 1.165) is 12.8 Å². The van der Waals surface area contributed by atoms with Crippen molar-refractivity contribution in [3.05, 3.63) is 34.5 Å². The number of piperazine rings is 1. The Kier molecular flexibility index (Phi) is 6.23. The molecule has 3 aromatic rings. The first kappa shape index (κ1) is 24.0. The van der Waals surface area contributed by atoms with Gasteiger partial charge in [-0.05, 0) is 25.0 Å². The zero-order valence-electron chi connectivity index (χ0n) is 20.2. The van der Waals surface area contributed by atoms with Gasteiger partial charge in [-0.3, -0.25) is 0 Å². The second-order valence-electron chi connectivity index (χ2n) is 9.31. The third kappa shape index (κ3) is 4.69. The topological polar surface area (TPSA) is 157 Å². The highest BCUT2D eigenvalue weighted by Gasteiger charge is 2.29. The van der Waals surface area contributed by atoms with Crippen molar-refractivity contribution < 1.29 is 14.3 Å². The number of nitrogens with one attached hydrogen (secondary N) is 2. The van der Waals surface area contributed by atoms with E-state index in [9.17, 15) is 15.3 Å². The summed E-state index contributed by atoms with van der Waals surface area (Å²) >= 11 is 6.83. The molecule has 2 aliphatic heterocycles. The first-order chi connectivity index (χ1) is 18.5. The SMILES string of the molecule is N#Cc1cc(Nc2nc(NC3CC3)n3ncc(C#N)c3n2)c(Cl)c(N2CCN(C(=O)OC3COC3)CC2)c1. The molecule has 4 heterocycles. The lowest BCUT2D eigenvalue weighted by Gasteiger charge is -2.37. The van der Waals surface area contributed by atoms with Crippen LogP contribution in [0.4, 0.5) is 28.1 Å². The molecule has 0 unspecified atom stereocenters. The molecule has 194 valence electrons. The largest absolute Gasteiger partial charge is 0.441 e. The summed E-state index contributed by atoms with van der Waals surface area (Å²) in [7, 11) is 0. The zero-order chi connectivity index (χ0) is 26.2. The van der Waals surface area contributed by atoms with E-state index in [4.69, 9.17) is 21.1 Å². The average Bonchev–Trinajstić information content (AvgIpc) is 3.63. The molecule has 13 nitrogen and oxygen atoms in total. The number of aromatic nitrogens is 4. The van der Waals surface area contributed by atoms with E-state index in [1.807, 2.05) is 4.90 Å². The first-order valence-electron chi connectivity index (χ1n) is 12.2. The van der Waals surface area contributed by atoms with Gasteiger partial charge in [0.15, 0.2) is 11.8 Å². The van der Waals surface area contributed by atoms with E-state index in [1.54, 1.807) is 17.0 Å². The number of benzene rings is 1. The zero-order valence-corrected chi connectivity index (χ0v) is 21.0. The molecule has 1 saturated carbocycles. The minimum absolute atomic E-state index is 0.177. The quantitative estimate of drug-likeness (QED) is 0.478. The maximum absolute atomic E-state index is 12.4. The van der Waals surface area contributed by atoms with Crippen molar-refractivity contribution in [2.24, 2.45) is 0 Å². The molecule has 0 bridgehead atoms. The fourth-order valence-electron chi connectivity index (χ4n) is 4.26. The highest BCUT2D eigenvalue weighted by molar-refractivity contribution is 6.36. The van der Waals surface area contributed by atoms with Crippen molar-refractivity contribution in [1.82, 2.24) is 24.5 Å². The van der Waals surface area contributed by atoms with Gasteiger partial charge in [0.2, 0.25) is 11.9 Å². The Bertz CT molecular complexity index is 1480. The van der Waals surface area contributed by atoms with Gasteiger partial charge in [0, 0.05) is 32.2 Å². The number of carbonyl (C=O) groups excluding carboxylic acids is 1. The van der Waals surface area contributed by atoms with Crippen molar-refractivity contribution in [3.63, 3.8) is 0 Å². The summed E-state index contributed by atoms with van der Waals surface area (Å²) in [4.78, 5) is 25.1. The highest BCUT2D eigenvalue weighted by atomic mass is 35.5. The molecule has 0 atom stereocenters. The van der Waals surface area contributed by atoms with Gasteiger partial charge in [0.1, 0.15) is 11.6 Å². The monoisotopic (exact) mass is 534 g/mol. The molecule has 14 heteroatoms. The van der Waals surface area contributed by atoms with Crippen molar-refractivity contribution in [2.45, 2.75) is 25.0 Å². The van der Waals surface area contributed by atoms with Crippen LogP contribution in [-0.2, 0) is 9.47 Å². The van der Waals surface area contributed by atoms with Gasteiger partial charge < -0.3 is 29.9 Å². The van der Waals surface area contributed by atoms with E-state index in [-0.39, 0.29) is 18.1 Å². The summed E-state index contributed by atoms with van der Waals surface area (Å²) in [6.07, 6.45) is 2.98. The van der Waals surface area contributed by atoms with Crippen LogP contribution < -0.4 is 15.5 Å². The van der Waals surface area contributed by atoms with Gasteiger partial charge in [-0.25, -0.2) is 4.79 Å². The fourth-order valence-corrected chi connectivity index (χ4v) is 4.54. The number of amides is 1. The molecule has 38 heavy (non-hydrogen) atoms. The number of carbonyl (C=O) groups is 1. The van der Waals surface area contributed by atoms with Gasteiger partial charge in [0.25, 0.3) is 0 Å². The lowest BCUT2D eigenvalue weighted by Crippen LogP contribution is -2.51. The molecule has 0 spiro atoms. The standard InChI is InChI=1S/C24H23ClN10O3/c25-20-18(30-22-31-21-15(10-27)11-28-35(21)23(32-22)29-16-1-2-16)7-14(9-26)8-19(20)33-3-5-34(6-4-33)24(36)38-17-12-37-13-17/h7-8,11,16-17H,1-6,12-13H2,(H2,29,30,31,32). The molecule has 2 aromatic heterocycles. The number of anilines is 4. The Labute approximate surface area is 222 Å². The second-order valence-corrected chi connectivity index (χ2v) is 9.68. The number of rotatable bonds is 6. The van der Waals surface area contributed by atoms with Crippen LogP contribution in [0.2, 0.25) is 5.02 Å². The molecular formula is C24H23ClN10O3. The summed E-state index contributed by atoms with van der Waals surface area (Å²) in [6.45, 7) is 2.82. The van der Waals surface area contributed by atoms with E-state index < -0.39 is 0 Å². The van der Waals surface area contributed by atoms with E-state index in [2.05, 4.69) is 37.8 Å². The Morgan fingerprint density at radius 3 is 2.58 bits per heavy atom. The lowest BCUT2D eigenvalue weighted by molar-refractivity contribution is -0.104. The fraction of sp³-hybridized carbons (Fsp3) is 0.417. The van der Waals surface area contributed by atoms with E-state index >= 15 is 0 Å². The van der Waals surface area contributed by atoms with Crippen LogP contribution in [0.3, 0.4) is 0 Å². The molecule has 0 radical (unpaired) electrons. The predicted molar refractivity (Wildman–Crippen MR) is 136 cm³/mol. The molecule has 2 N–H and O–H groups in total. The van der Waals surface area contributed by atoms with Crippen LogP contribution in [-0.4, -0.2) is 82.1 Å². The minimum atomic E-state index is -0.350. The summed E-state index contributed by atoms with van der Waals surface area (Å²) in [6, 6.07) is 7.93. The van der Waals surface area contributed by atoms with Crippen molar-refractivity contribution in [2.75, 3.05) is 54.9 Å². The van der Waals surface area contributed by atoms with Gasteiger partial charge in [-0.2, -0.15) is 30.1 Å². The van der Waals surface area contributed by atoms with Crippen LogP contribution >= 0.6 is 11.6 Å². The third-order valence-electron chi connectivity index (χ3n) is 6.58. The number of hydrogen-bond donors (Lipinski definition) is 2. The second kappa shape index (κ2) is 9.85. The highest BCUT2D eigenvalue weighted by Crippen LogP contribution is 2.36. The smallest absolute Gasteiger partial charge is 0.410 e. The minimum Gasteiger partial charge on any atom is -0.441 e. The molecule has 1 amide bonds. The van der Waals surface area contributed by atoms with Crippen LogP contribution in [0.15, 0.2) is 18.3 Å². The van der Waals surface area contributed by atoms with Crippen molar-refractivity contribution >= 4 is 46.6 Å². The van der Waals surface area contributed by atoms with Crippen LogP contribution in [0, 0.1) is 22.7 Å². The molecule has 3 aliphatic rings. The third-order valence-corrected chi connectivity index (χ3v) is 6.98. The summed E-state index contributed by atoms with van der Waals surface area (Å²) in [5, 5.41) is 30.3. The number of ether oxygens (including phenoxy) is 2. The number of halogens is 1. The maximum atomic E-state index is 12.4. The maximum Gasteiger partial charge on any atom is 0.410 e. The average molecular weight is 535 g/mol. The molecule has 1 aliphatic carbocycles. The van der Waals surface area contributed by atoms with Crippen molar-refractivity contribution in [3.8, 4) is 12.1 Å². The molecule has 2 saturated heterocycles. The summed E-state index contributed by atoms with van der Waals surface area (Å²) in [5.41, 5.74) is 2.18. The first-order valence-corrected chi connectivity index (χ1v) is 12.6. The van der Waals surface area contributed by atoms with Gasteiger partial charge in [-0.1, -0.05) is 11.6 Å². The van der Waals surface area contributed by atoms with Crippen LogP contribution in [0.5, 0.6) is 0 Å². The van der Waals surface area contributed by atoms with Crippen LogP contribution in [0.1, 0.15) is 24.0 Å². The summed E-state index contributed by atoms with van der Waals surface area (Å²) in [5.74, 6) is 0.680. The predicted octanol–water partition coefficient (Wildman–Crippen LogP) is 2.50. The Morgan fingerprint density at radius 1 is 1.13 bits per heavy atom. The summed E-state index contributed by atoms with van der Waals surface area (Å²) < 4.78 is 12.0. The normalized spacial score (nSPS) is 17.4. The van der Waals surface area contributed by atoms with Gasteiger partial charge >= 0.3 is 6.09 Å². The lowest BCUT2D eigenvalue weighted by atomic mass is 10.1. The Morgan fingerprint density at radius 2 is 1.92 bits per heavy atom. The van der Waals surface area contributed by atoms with Gasteiger partial charge in [0.05, 0.1) is 47.4 Å². The van der Waals surface area contributed by atoms with E-state index in [0.29, 0.717) is 84.6 Å². The number of nitriles is 2. The molecule has 3 fully saturated rings. The molecule has 6 rings (SSSR count). The molecule has 1 aromatic carbocycles. The molecular weight excluding hydrogens is 512 g/mol.